The molecule has 254 valence electrons. The third-order valence-electron chi connectivity index (χ3n) is 8.02. The van der Waals surface area contributed by atoms with Crippen LogP contribution in [0.15, 0.2) is 73.2 Å². The molecule has 0 aliphatic heterocycles. The second-order valence-electron chi connectivity index (χ2n) is 12.3. The molecular formula is C35H34F2N6O5S. The molecule has 0 radical (unpaired) electrons. The highest BCUT2D eigenvalue weighted by Crippen LogP contribution is 2.48. The number of pyridine rings is 1. The number of nitrogens with two attached hydrogens (primary N) is 1. The van der Waals surface area contributed by atoms with Crippen molar-refractivity contribution in [2.75, 3.05) is 17.2 Å². The minimum atomic E-state index is -1.29. The fourth-order valence-corrected chi connectivity index (χ4v) is 6.24. The zero-order valence-electron chi connectivity index (χ0n) is 26.7. The van der Waals surface area contributed by atoms with Crippen LogP contribution in [0.1, 0.15) is 33.1 Å². The van der Waals surface area contributed by atoms with E-state index in [1.165, 1.54) is 47.7 Å². The van der Waals surface area contributed by atoms with E-state index in [4.69, 9.17) is 15.2 Å². The predicted octanol–water partition coefficient (Wildman–Crippen LogP) is 6.50. The highest BCUT2D eigenvalue weighted by atomic mass is 32.1. The Morgan fingerprint density at radius 3 is 2.41 bits per heavy atom. The maximum absolute atomic E-state index is 15.3. The number of esters is 1. The van der Waals surface area contributed by atoms with Gasteiger partial charge in [-0.15, -0.1) is 11.3 Å². The number of halogens is 2. The lowest BCUT2D eigenvalue weighted by Gasteiger charge is -2.16. The molecule has 4 N–H and O–H groups in total. The Kier molecular flexibility index (Phi) is 9.69. The average Bonchev–Trinajstić information content (AvgIpc) is 3.55. The molecular weight excluding hydrogens is 654 g/mol. The first-order chi connectivity index (χ1) is 23.5. The largest absolute Gasteiger partial charge is 0.463 e. The number of benzene rings is 2. The Hall–Kier alpha value is -5.21. The number of rotatable bonds is 13. The number of nitrogens with zero attached hydrogens (tertiary/aromatic N) is 3. The second kappa shape index (κ2) is 14.1. The fourth-order valence-electron chi connectivity index (χ4n) is 5.20. The number of nitrogens with one attached hydrogen (secondary N) is 2. The normalized spacial score (nSPS) is 14.0. The number of fused-ring (bicyclic) bond motifs is 1. The van der Waals surface area contributed by atoms with E-state index >= 15 is 4.39 Å². The summed E-state index contributed by atoms with van der Waals surface area (Å²) in [4.78, 5) is 43.3. The van der Waals surface area contributed by atoms with Gasteiger partial charge in [0.05, 0.1) is 23.0 Å². The van der Waals surface area contributed by atoms with Gasteiger partial charge in [0.2, 0.25) is 11.8 Å². The predicted molar refractivity (Wildman–Crippen MR) is 181 cm³/mol. The van der Waals surface area contributed by atoms with Crippen molar-refractivity contribution >= 4 is 50.7 Å². The monoisotopic (exact) mass is 688 g/mol. The molecule has 1 fully saturated rings. The van der Waals surface area contributed by atoms with Crippen molar-refractivity contribution in [1.82, 2.24) is 14.8 Å². The van der Waals surface area contributed by atoms with Crippen molar-refractivity contribution in [1.29, 1.82) is 0 Å². The van der Waals surface area contributed by atoms with Crippen molar-refractivity contribution < 1.29 is 32.6 Å². The maximum atomic E-state index is 15.3. The van der Waals surface area contributed by atoms with Crippen LogP contribution in [0.2, 0.25) is 0 Å². The minimum Gasteiger partial charge on any atom is -0.463 e. The molecule has 0 bridgehead atoms. The molecule has 1 aliphatic carbocycles. The second-order valence-corrected chi connectivity index (χ2v) is 13.3. The topological polar surface area (TPSA) is 150 Å². The molecule has 1 aliphatic rings. The molecule has 6 rings (SSSR count). The zero-order valence-corrected chi connectivity index (χ0v) is 27.6. The van der Waals surface area contributed by atoms with Crippen LogP contribution in [0.3, 0.4) is 0 Å². The average molecular weight is 689 g/mol. The molecule has 3 aromatic heterocycles. The molecule has 11 nitrogen and oxygen atoms in total. The Bertz CT molecular complexity index is 2010. The summed E-state index contributed by atoms with van der Waals surface area (Å²) >= 11 is 1.40. The van der Waals surface area contributed by atoms with Gasteiger partial charge in [0.15, 0.2) is 11.6 Å². The van der Waals surface area contributed by atoms with E-state index in [0.717, 1.165) is 16.5 Å². The van der Waals surface area contributed by atoms with Gasteiger partial charge in [-0.05, 0) is 67.6 Å². The molecule has 1 unspecified atom stereocenters. The van der Waals surface area contributed by atoms with Gasteiger partial charge in [0.25, 0.3) is 0 Å². The van der Waals surface area contributed by atoms with Gasteiger partial charge in [-0.25, -0.2) is 8.78 Å². The van der Waals surface area contributed by atoms with Crippen LogP contribution < -0.4 is 21.1 Å². The lowest BCUT2D eigenvalue weighted by molar-refractivity contribution is -0.146. The standard InChI is InChI=1S/C35H34F2N6O5S/c1-20(2)15-26(38)32(44)47-14-13-43-19-21(18-40-43)30-17-27-31(49-30)29(9-12-39-27)48-28-8-7-24(16-25(28)37)42-34(46)35(10-11-35)33(45)41-23-5-3-22(36)4-6-23/h3-9,12,16-20,26H,10-11,13-15,38H2,1-2H3,(H,41,45)(H,42,46). The molecule has 0 spiro atoms. The van der Waals surface area contributed by atoms with Crippen molar-refractivity contribution in [2.45, 2.75) is 45.7 Å². The first kappa shape index (κ1) is 33.7. The number of carbonyl (C=O) groups is 3. The minimum absolute atomic E-state index is 0.0638. The van der Waals surface area contributed by atoms with E-state index in [0.29, 0.717) is 47.5 Å². The molecule has 14 heteroatoms. The highest BCUT2D eigenvalue weighted by Gasteiger charge is 2.56. The Morgan fingerprint density at radius 1 is 1.00 bits per heavy atom. The van der Waals surface area contributed by atoms with E-state index in [1.807, 2.05) is 26.1 Å². The Balaban J connectivity index is 1.08. The van der Waals surface area contributed by atoms with Crippen LogP contribution in [0, 0.1) is 23.0 Å². The number of carbonyl (C=O) groups excluding carboxylic acids is 3. The van der Waals surface area contributed by atoms with Crippen molar-refractivity contribution in [3.05, 3.63) is 84.8 Å². The molecule has 1 atom stereocenters. The quantitative estimate of drug-likeness (QED) is 0.0937. The van der Waals surface area contributed by atoms with Crippen molar-refractivity contribution in [3.63, 3.8) is 0 Å². The molecule has 49 heavy (non-hydrogen) atoms. The summed E-state index contributed by atoms with van der Waals surface area (Å²) in [5.41, 5.74) is 6.61. The first-order valence-electron chi connectivity index (χ1n) is 15.7. The summed E-state index contributed by atoms with van der Waals surface area (Å²) in [6.45, 7) is 4.48. The summed E-state index contributed by atoms with van der Waals surface area (Å²) in [6.07, 6.45) is 6.31. The van der Waals surface area contributed by atoms with Gasteiger partial charge in [-0.1, -0.05) is 13.8 Å². The summed E-state index contributed by atoms with van der Waals surface area (Å²) in [7, 11) is 0. The molecule has 3 heterocycles. The van der Waals surface area contributed by atoms with Crippen molar-refractivity contribution in [2.24, 2.45) is 17.1 Å². The van der Waals surface area contributed by atoms with Crippen LogP contribution in [0.4, 0.5) is 20.2 Å². The number of amides is 2. The first-order valence-corrected chi connectivity index (χ1v) is 16.5. The van der Waals surface area contributed by atoms with E-state index in [1.54, 1.807) is 23.1 Å². The van der Waals surface area contributed by atoms with E-state index in [-0.39, 0.29) is 24.0 Å². The van der Waals surface area contributed by atoms with Gasteiger partial charge in [0.1, 0.15) is 29.6 Å². The lowest BCUT2D eigenvalue weighted by Crippen LogP contribution is -2.35. The van der Waals surface area contributed by atoms with Gasteiger partial charge < -0.3 is 25.8 Å². The number of hydrogen-bond donors (Lipinski definition) is 3. The molecule has 2 aromatic carbocycles. The smallest absolute Gasteiger partial charge is 0.322 e. The third kappa shape index (κ3) is 7.76. The van der Waals surface area contributed by atoms with E-state index < -0.39 is 40.9 Å². The zero-order chi connectivity index (χ0) is 34.7. The number of hydrogen-bond acceptors (Lipinski definition) is 9. The van der Waals surface area contributed by atoms with Gasteiger partial charge in [0, 0.05) is 46.3 Å². The number of thiophene rings is 1. The van der Waals surface area contributed by atoms with Crippen molar-refractivity contribution in [3.8, 4) is 21.9 Å². The molecule has 0 saturated heterocycles. The molecule has 1 saturated carbocycles. The SMILES string of the molecule is CC(C)CC(N)C(=O)OCCn1cc(-c2cc3nccc(Oc4ccc(NC(=O)C5(C(=O)Nc6ccc(F)cc6)CC5)cc4F)c3s2)cn1. The Morgan fingerprint density at radius 2 is 1.71 bits per heavy atom. The summed E-state index contributed by atoms with van der Waals surface area (Å²) in [5, 5.41) is 9.65. The van der Waals surface area contributed by atoms with Gasteiger partial charge >= 0.3 is 5.97 Å². The number of ether oxygens (including phenoxy) is 2. The van der Waals surface area contributed by atoms with E-state index in [2.05, 4.69) is 20.7 Å². The van der Waals surface area contributed by atoms with Crippen LogP contribution in [-0.2, 0) is 25.7 Å². The fraction of sp³-hybridized carbons (Fsp3) is 0.286. The van der Waals surface area contributed by atoms with E-state index in [9.17, 15) is 18.8 Å². The highest BCUT2D eigenvalue weighted by molar-refractivity contribution is 7.22. The maximum Gasteiger partial charge on any atom is 0.322 e. The van der Waals surface area contributed by atoms with Gasteiger partial charge in [-0.2, -0.15) is 5.10 Å². The Labute approximate surface area is 284 Å². The molecule has 2 amide bonds. The van der Waals surface area contributed by atoms with Crippen LogP contribution >= 0.6 is 11.3 Å². The summed E-state index contributed by atoms with van der Waals surface area (Å²) in [5.74, 6) is -2.04. The summed E-state index contributed by atoms with van der Waals surface area (Å²) < 4.78 is 42.1. The third-order valence-corrected chi connectivity index (χ3v) is 9.21. The van der Waals surface area contributed by atoms with Gasteiger partial charge in [-0.3, -0.25) is 24.0 Å². The lowest BCUT2D eigenvalue weighted by atomic mass is 10.0. The molecule has 5 aromatic rings. The van der Waals surface area contributed by atoms with Crippen LogP contribution in [0.25, 0.3) is 20.7 Å². The number of aromatic nitrogens is 3. The number of anilines is 2. The van der Waals surface area contributed by atoms with Crippen LogP contribution in [-0.4, -0.2) is 45.2 Å². The summed E-state index contributed by atoms with van der Waals surface area (Å²) in [6, 6.07) is 12.1. The van der Waals surface area contributed by atoms with Crippen LogP contribution in [0.5, 0.6) is 11.5 Å².